The van der Waals surface area contributed by atoms with Crippen LogP contribution >= 0.6 is 34.4 Å². The fourth-order valence-corrected chi connectivity index (χ4v) is 7.00. The first kappa shape index (κ1) is 22.3. The van der Waals surface area contributed by atoms with E-state index in [1.165, 1.54) is 15.5 Å². The third-order valence-corrected chi connectivity index (χ3v) is 8.91. The van der Waals surface area contributed by atoms with Gasteiger partial charge in [-0.05, 0) is 61.7 Å². The summed E-state index contributed by atoms with van der Waals surface area (Å²) >= 11 is 4.29. The monoisotopic (exact) mass is 499 g/mol. The number of rotatable bonds is 6. The minimum atomic E-state index is -0.498. The largest absolute Gasteiger partial charge is 0.348 e. The van der Waals surface area contributed by atoms with Crippen molar-refractivity contribution in [2.24, 2.45) is 0 Å². The van der Waals surface area contributed by atoms with Crippen LogP contribution in [-0.2, 0) is 17.6 Å². The van der Waals surface area contributed by atoms with Gasteiger partial charge in [-0.15, -0.1) is 22.7 Å². The Hall–Kier alpha value is -2.49. The van der Waals surface area contributed by atoms with Crippen LogP contribution < -0.4 is 10.9 Å². The molecule has 9 heteroatoms. The van der Waals surface area contributed by atoms with Crippen molar-refractivity contribution < 1.29 is 9.18 Å². The highest BCUT2D eigenvalue weighted by Gasteiger charge is 2.24. The number of aromatic nitrogens is 2. The Morgan fingerprint density at radius 3 is 2.85 bits per heavy atom. The SMILES string of the molecule is CC(NC(=O)CSc1nc2sc3c(c2c(=O)n1-c1ccccc1F)CCCC3)c1cccs1. The minimum absolute atomic E-state index is 0.0766. The van der Waals surface area contributed by atoms with Crippen LogP contribution in [0.2, 0.25) is 0 Å². The summed E-state index contributed by atoms with van der Waals surface area (Å²) in [5, 5.41) is 5.87. The molecule has 1 amide bonds. The molecule has 1 aromatic carbocycles. The van der Waals surface area contributed by atoms with Gasteiger partial charge in [-0.25, -0.2) is 9.37 Å². The first-order valence-electron chi connectivity index (χ1n) is 10.8. The number of carbonyl (C=O) groups excluding carboxylic acids is 1. The van der Waals surface area contributed by atoms with Crippen molar-refractivity contribution in [1.29, 1.82) is 0 Å². The number of hydrogen-bond donors (Lipinski definition) is 1. The molecule has 1 N–H and O–H groups in total. The Balaban J connectivity index is 1.52. The highest BCUT2D eigenvalue weighted by Crippen LogP contribution is 2.35. The van der Waals surface area contributed by atoms with E-state index in [1.54, 1.807) is 40.9 Å². The zero-order chi connectivity index (χ0) is 22.9. The highest BCUT2D eigenvalue weighted by molar-refractivity contribution is 7.99. The molecule has 0 saturated heterocycles. The number of thiophene rings is 2. The molecule has 1 unspecified atom stereocenters. The van der Waals surface area contributed by atoms with Crippen molar-refractivity contribution in [2.75, 3.05) is 5.75 Å². The zero-order valence-electron chi connectivity index (χ0n) is 18.0. The number of amides is 1. The van der Waals surface area contributed by atoms with Crippen molar-refractivity contribution in [3.63, 3.8) is 0 Å². The van der Waals surface area contributed by atoms with Gasteiger partial charge in [0, 0.05) is 9.75 Å². The van der Waals surface area contributed by atoms with E-state index in [0.29, 0.717) is 15.4 Å². The fraction of sp³-hybridized carbons (Fsp3) is 0.292. The predicted octanol–water partition coefficient (Wildman–Crippen LogP) is 5.50. The lowest BCUT2D eigenvalue weighted by Crippen LogP contribution is -2.28. The highest BCUT2D eigenvalue weighted by atomic mass is 32.2. The number of aryl methyl sites for hydroxylation is 2. The molecule has 0 aliphatic heterocycles. The molecule has 1 aliphatic carbocycles. The van der Waals surface area contributed by atoms with Crippen LogP contribution in [0.15, 0.2) is 51.7 Å². The molecule has 1 atom stereocenters. The Labute approximate surface area is 202 Å². The molecule has 0 saturated carbocycles. The Morgan fingerprint density at radius 2 is 2.06 bits per heavy atom. The van der Waals surface area contributed by atoms with Gasteiger partial charge in [-0.2, -0.15) is 0 Å². The first-order valence-corrected chi connectivity index (χ1v) is 13.5. The quantitative estimate of drug-likeness (QED) is 0.281. The number of fused-ring (bicyclic) bond motifs is 3. The Bertz CT molecular complexity index is 1380. The molecule has 33 heavy (non-hydrogen) atoms. The molecular weight excluding hydrogens is 477 g/mol. The van der Waals surface area contributed by atoms with Crippen molar-refractivity contribution >= 4 is 50.6 Å². The van der Waals surface area contributed by atoms with Gasteiger partial charge in [0.2, 0.25) is 5.91 Å². The van der Waals surface area contributed by atoms with Crippen LogP contribution in [0.3, 0.4) is 0 Å². The Morgan fingerprint density at radius 1 is 1.24 bits per heavy atom. The second-order valence-corrected chi connectivity index (χ2v) is 11.0. The van der Waals surface area contributed by atoms with Gasteiger partial charge in [0.05, 0.1) is 22.9 Å². The maximum atomic E-state index is 14.8. The molecule has 170 valence electrons. The van der Waals surface area contributed by atoms with E-state index >= 15 is 0 Å². The van der Waals surface area contributed by atoms with Crippen LogP contribution in [-0.4, -0.2) is 21.2 Å². The van der Waals surface area contributed by atoms with E-state index in [4.69, 9.17) is 4.98 Å². The molecule has 5 nitrogen and oxygen atoms in total. The van der Waals surface area contributed by atoms with Crippen molar-refractivity contribution in [3.05, 3.63) is 73.3 Å². The Kier molecular flexibility index (Phi) is 6.36. The number of thioether (sulfide) groups is 1. The lowest BCUT2D eigenvalue weighted by Gasteiger charge is -2.15. The van der Waals surface area contributed by atoms with Gasteiger partial charge in [0.1, 0.15) is 10.6 Å². The summed E-state index contributed by atoms with van der Waals surface area (Å²) in [7, 11) is 0. The lowest BCUT2D eigenvalue weighted by molar-refractivity contribution is -0.119. The number of nitrogens with one attached hydrogen (secondary N) is 1. The minimum Gasteiger partial charge on any atom is -0.348 e. The molecule has 4 aromatic rings. The summed E-state index contributed by atoms with van der Waals surface area (Å²) in [6, 6.07) is 10.0. The predicted molar refractivity (Wildman–Crippen MR) is 133 cm³/mol. The summed E-state index contributed by atoms with van der Waals surface area (Å²) in [4.78, 5) is 34.0. The standard InChI is InChI=1S/C24H22FN3O2S3/c1-14(18-11-6-12-31-18)26-20(29)13-32-24-27-22-21(15-7-2-5-10-19(15)33-22)23(30)28(24)17-9-4-3-8-16(17)25/h3-4,6,8-9,11-12,14H,2,5,7,10,13H2,1H3,(H,26,29). The normalized spacial score (nSPS) is 14.2. The van der Waals surface area contributed by atoms with Gasteiger partial charge in [0.25, 0.3) is 5.56 Å². The summed E-state index contributed by atoms with van der Waals surface area (Å²) in [5.74, 6) is -0.587. The number of benzene rings is 1. The van der Waals surface area contributed by atoms with Gasteiger partial charge >= 0.3 is 0 Å². The van der Waals surface area contributed by atoms with Crippen LogP contribution in [0, 0.1) is 5.82 Å². The zero-order valence-corrected chi connectivity index (χ0v) is 20.4. The van der Waals surface area contributed by atoms with Gasteiger partial charge in [0.15, 0.2) is 5.16 Å². The molecule has 0 bridgehead atoms. The van der Waals surface area contributed by atoms with Crippen LogP contribution in [0.1, 0.15) is 41.1 Å². The third-order valence-electron chi connectivity index (χ3n) is 5.73. The number of para-hydroxylation sites is 1. The summed E-state index contributed by atoms with van der Waals surface area (Å²) in [6.45, 7) is 1.93. The maximum Gasteiger partial charge on any atom is 0.267 e. The van der Waals surface area contributed by atoms with Gasteiger partial charge in [-0.3, -0.25) is 14.2 Å². The van der Waals surface area contributed by atoms with Crippen molar-refractivity contribution in [1.82, 2.24) is 14.9 Å². The number of hydrogen-bond acceptors (Lipinski definition) is 6. The average Bonchev–Trinajstić information content (AvgIpc) is 3.47. The summed E-state index contributed by atoms with van der Waals surface area (Å²) in [6.07, 6.45) is 3.93. The molecule has 0 fully saturated rings. The summed E-state index contributed by atoms with van der Waals surface area (Å²) < 4.78 is 16.1. The molecule has 3 aromatic heterocycles. The maximum absolute atomic E-state index is 14.8. The molecule has 1 aliphatic rings. The average molecular weight is 500 g/mol. The van der Waals surface area contributed by atoms with Crippen LogP contribution in [0.25, 0.3) is 15.9 Å². The van der Waals surface area contributed by atoms with E-state index in [-0.39, 0.29) is 28.9 Å². The van der Waals surface area contributed by atoms with E-state index in [0.717, 1.165) is 47.9 Å². The van der Waals surface area contributed by atoms with Crippen molar-refractivity contribution in [3.8, 4) is 5.69 Å². The van der Waals surface area contributed by atoms with E-state index in [1.807, 2.05) is 24.4 Å². The van der Waals surface area contributed by atoms with Gasteiger partial charge in [-0.1, -0.05) is 30.0 Å². The number of halogens is 1. The second kappa shape index (κ2) is 9.40. The van der Waals surface area contributed by atoms with E-state index in [2.05, 4.69) is 5.32 Å². The smallest absolute Gasteiger partial charge is 0.267 e. The van der Waals surface area contributed by atoms with Crippen molar-refractivity contribution in [2.45, 2.75) is 43.8 Å². The fourth-order valence-electron chi connectivity index (χ4n) is 4.15. The number of nitrogens with zero attached hydrogens (tertiary/aromatic N) is 2. The molecular formula is C24H22FN3O2S3. The first-order chi connectivity index (χ1) is 16.0. The molecule has 0 radical (unpaired) electrons. The van der Waals surface area contributed by atoms with E-state index in [9.17, 15) is 14.0 Å². The molecule has 3 heterocycles. The molecule has 5 rings (SSSR count). The summed E-state index contributed by atoms with van der Waals surface area (Å²) in [5.41, 5.74) is 0.949. The second-order valence-electron chi connectivity index (χ2n) is 7.97. The molecule has 0 spiro atoms. The third kappa shape index (κ3) is 4.37. The van der Waals surface area contributed by atoms with Crippen LogP contribution in [0.5, 0.6) is 0 Å². The topological polar surface area (TPSA) is 64.0 Å². The number of carbonyl (C=O) groups is 1. The van der Waals surface area contributed by atoms with Gasteiger partial charge < -0.3 is 5.32 Å². The lowest BCUT2D eigenvalue weighted by atomic mass is 9.97. The van der Waals surface area contributed by atoms with Crippen LogP contribution in [0.4, 0.5) is 4.39 Å². The van der Waals surface area contributed by atoms with E-state index < -0.39 is 5.82 Å².